The lowest BCUT2D eigenvalue weighted by atomic mass is 10.1. The van der Waals surface area contributed by atoms with Crippen molar-refractivity contribution in [1.82, 2.24) is 4.98 Å². The van der Waals surface area contributed by atoms with Gasteiger partial charge in [-0.3, -0.25) is 14.4 Å². The number of esters is 1. The maximum absolute atomic E-state index is 12.3. The summed E-state index contributed by atoms with van der Waals surface area (Å²) in [6.07, 6.45) is 1.62. The zero-order valence-corrected chi connectivity index (χ0v) is 17.1. The van der Waals surface area contributed by atoms with Crippen LogP contribution >= 0.6 is 11.8 Å². The summed E-state index contributed by atoms with van der Waals surface area (Å²) in [4.78, 5) is 39.2. The average Bonchev–Trinajstić information content (AvgIpc) is 3.12. The van der Waals surface area contributed by atoms with Crippen molar-refractivity contribution in [3.8, 4) is 0 Å². The Bertz CT molecular complexity index is 1060. The number of benzene rings is 2. The number of anilines is 1. The number of Topliss-reactive ketones (excluding diaryl/α,β-unsaturated/α-hetero) is 1. The first-order chi connectivity index (χ1) is 13.9. The standard InChI is InChI=1S/C22H22N2O4S/c1-14-7-8-18(15(2)9-14)24-21(26)12-29-13-22(27)28-11-20(25)17-10-23-19-6-4-3-5-16(17)19/h3-10,23H,11-13H2,1-2H3,(H,24,26). The van der Waals surface area contributed by atoms with E-state index >= 15 is 0 Å². The summed E-state index contributed by atoms with van der Waals surface area (Å²) in [5.74, 6) is -0.860. The van der Waals surface area contributed by atoms with Crippen molar-refractivity contribution in [2.24, 2.45) is 0 Å². The Morgan fingerprint density at radius 3 is 2.66 bits per heavy atom. The molecule has 0 saturated carbocycles. The lowest BCUT2D eigenvalue weighted by Gasteiger charge is -2.09. The number of nitrogens with one attached hydrogen (secondary N) is 2. The number of fused-ring (bicyclic) bond motifs is 1. The van der Waals surface area contributed by atoms with E-state index in [0.717, 1.165) is 39.5 Å². The van der Waals surface area contributed by atoms with E-state index in [1.165, 1.54) is 0 Å². The lowest BCUT2D eigenvalue weighted by molar-refractivity contribution is -0.139. The summed E-state index contributed by atoms with van der Waals surface area (Å²) in [7, 11) is 0. The van der Waals surface area contributed by atoms with Crippen LogP contribution in [0.3, 0.4) is 0 Å². The highest BCUT2D eigenvalue weighted by atomic mass is 32.2. The molecule has 1 aromatic heterocycles. The second kappa shape index (κ2) is 9.43. The molecular weight excluding hydrogens is 388 g/mol. The number of H-pyrrole nitrogens is 1. The minimum atomic E-state index is -0.525. The molecule has 7 heteroatoms. The van der Waals surface area contributed by atoms with E-state index in [0.29, 0.717) is 5.56 Å². The topological polar surface area (TPSA) is 88.3 Å². The molecule has 0 aliphatic rings. The molecule has 3 rings (SSSR count). The van der Waals surface area contributed by atoms with Gasteiger partial charge in [0.05, 0.1) is 11.5 Å². The summed E-state index contributed by atoms with van der Waals surface area (Å²) in [6.45, 7) is 3.59. The van der Waals surface area contributed by atoms with Crippen LogP contribution in [0.15, 0.2) is 48.7 Å². The highest BCUT2D eigenvalue weighted by Gasteiger charge is 2.14. The van der Waals surface area contributed by atoms with Gasteiger partial charge in [-0.15, -0.1) is 11.8 Å². The fourth-order valence-electron chi connectivity index (χ4n) is 2.93. The predicted molar refractivity (Wildman–Crippen MR) is 115 cm³/mol. The second-order valence-corrected chi connectivity index (χ2v) is 7.68. The molecule has 0 unspecified atom stereocenters. The van der Waals surface area contributed by atoms with Gasteiger partial charge >= 0.3 is 5.97 Å². The molecule has 0 aliphatic carbocycles. The van der Waals surface area contributed by atoms with Gasteiger partial charge in [-0.1, -0.05) is 35.9 Å². The molecular formula is C22H22N2O4S. The van der Waals surface area contributed by atoms with Crippen molar-refractivity contribution in [3.05, 3.63) is 65.4 Å². The summed E-state index contributed by atoms with van der Waals surface area (Å²) < 4.78 is 5.05. The zero-order valence-electron chi connectivity index (χ0n) is 16.3. The highest BCUT2D eigenvalue weighted by Crippen LogP contribution is 2.18. The zero-order chi connectivity index (χ0) is 20.8. The van der Waals surface area contributed by atoms with Crippen LogP contribution < -0.4 is 5.32 Å². The molecule has 2 aromatic carbocycles. The van der Waals surface area contributed by atoms with E-state index in [1.807, 2.05) is 56.3 Å². The number of carbonyl (C=O) groups is 3. The van der Waals surface area contributed by atoms with Gasteiger partial charge < -0.3 is 15.0 Å². The van der Waals surface area contributed by atoms with Crippen molar-refractivity contribution in [3.63, 3.8) is 0 Å². The SMILES string of the molecule is Cc1ccc(NC(=O)CSCC(=O)OCC(=O)c2c[nH]c3ccccc23)c(C)c1. The Labute approximate surface area is 173 Å². The van der Waals surface area contributed by atoms with Crippen molar-refractivity contribution < 1.29 is 19.1 Å². The molecule has 29 heavy (non-hydrogen) atoms. The van der Waals surface area contributed by atoms with Gasteiger partial charge in [0.15, 0.2) is 6.61 Å². The molecule has 0 bridgehead atoms. The second-order valence-electron chi connectivity index (χ2n) is 6.69. The number of ketones is 1. The monoisotopic (exact) mass is 410 g/mol. The quantitative estimate of drug-likeness (QED) is 0.435. The van der Waals surface area contributed by atoms with E-state index in [9.17, 15) is 14.4 Å². The largest absolute Gasteiger partial charge is 0.457 e. The van der Waals surface area contributed by atoms with Gasteiger partial charge in [0.2, 0.25) is 11.7 Å². The molecule has 2 N–H and O–H groups in total. The number of aromatic nitrogens is 1. The van der Waals surface area contributed by atoms with E-state index < -0.39 is 5.97 Å². The van der Waals surface area contributed by atoms with Crippen LogP contribution in [0.2, 0.25) is 0 Å². The number of hydrogen-bond acceptors (Lipinski definition) is 5. The number of rotatable bonds is 8. The molecule has 0 spiro atoms. The molecule has 1 heterocycles. The first kappa shape index (κ1) is 20.7. The van der Waals surface area contributed by atoms with Crippen molar-refractivity contribution in [2.75, 3.05) is 23.4 Å². The summed E-state index contributed by atoms with van der Waals surface area (Å²) in [5.41, 5.74) is 4.22. The van der Waals surface area contributed by atoms with Gasteiger partial charge in [-0.05, 0) is 31.5 Å². The number of para-hydroxylation sites is 1. The normalized spacial score (nSPS) is 10.7. The van der Waals surface area contributed by atoms with Crippen LogP contribution in [-0.4, -0.2) is 40.8 Å². The first-order valence-electron chi connectivity index (χ1n) is 9.14. The van der Waals surface area contributed by atoms with Crippen LogP contribution in [0.1, 0.15) is 21.5 Å². The Balaban J connectivity index is 1.40. The first-order valence-corrected chi connectivity index (χ1v) is 10.3. The Hall–Kier alpha value is -3.06. The number of thioether (sulfide) groups is 1. The molecule has 0 radical (unpaired) electrons. The Morgan fingerprint density at radius 1 is 1.07 bits per heavy atom. The molecule has 150 valence electrons. The summed E-state index contributed by atoms with van der Waals surface area (Å²) in [6, 6.07) is 13.2. The van der Waals surface area contributed by atoms with Crippen molar-refractivity contribution in [1.29, 1.82) is 0 Å². The third-order valence-electron chi connectivity index (χ3n) is 4.36. The van der Waals surface area contributed by atoms with Gasteiger partial charge in [0.25, 0.3) is 0 Å². The predicted octanol–water partition coefficient (Wildman–Crippen LogP) is 3.88. The van der Waals surface area contributed by atoms with E-state index in [1.54, 1.807) is 6.20 Å². The van der Waals surface area contributed by atoms with E-state index in [-0.39, 0.29) is 29.8 Å². The molecule has 6 nitrogen and oxygen atoms in total. The molecule has 0 fully saturated rings. The number of aryl methyl sites for hydroxylation is 2. The summed E-state index contributed by atoms with van der Waals surface area (Å²) >= 11 is 1.15. The van der Waals surface area contributed by atoms with Crippen LogP contribution in [0.25, 0.3) is 10.9 Å². The molecule has 0 atom stereocenters. The van der Waals surface area contributed by atoms with Gasteiger partial charge in [-0.25, -0.2) is 0 Å². The number of carbonyl (C=O) groups excluding carboxylic acids is 3. The van der Waals surface area contributed by atoms with E-state index in [4.69, 9.17) is 4.74 Å². The maximum atomic E-state index is 12.3. The van der Waals surface area contributed by atoms with Crippen LogP contribution in [0.4, 0.5) is 5.69 Å². The fourth-order valence-corrected chi connectivity index (χ4v) is 3.54. The average molecular weight is 410 g/mol. The third-order valence-corrected chi connectivity index (χ3v) is 5.27. The number of amides is 1. The van der Waals surface area contributed by atoms with Crippen LogP contribution in [0, 0.1) is 13.8 Å². The van der Waals surface area contributed by atoms with Gasteiger partial charge in [-0.2, -0.15) is 0 Å². The van der Waals surface area contributed by atoms with Gasteiger partial charge in [0, 0.05) is 28.4 Å². The number of aromatic amines is 1. The highest BCUT2D eigenvalue weighted by molar-refractivity contribution is 8.00. The summed E-state index contributed by atoms with van der Waals surface area (Å²) in [5, 5.41) is 3.62. The maximum Gasteiger partial charge on any atom is 0.316 e. The fraction of sp³-hybridized carbons (Fsp3) is 0.227. The lowest BCUT2D eigenvalue weighted by Crippen LogP contribution is -2.18. The minimum absolute atomic E-state index is 0.00145. The molecule has 0 saturated heterocycles. The Kier molecular flexibility index (Phi) is 6.72. The van der Waals surface area contributed by atoms with Crippen molar-refractivity contribution >= 4 is 46.0 Å². The number of hydrogen-bond donors (Lipinski definition) is 2. The van der Waals surface area contributed by atoms with Crippen LogP contribution in [0.5, 0.6) is 0 Å². The molecule has 3 aromatic rings. The third kappa shape index (κ3) is 5.48. The van der Waals surface area contributed by atoms with Gasteiger partial charge in [0.1, 0.15) is 0 Å². The van der Waals surface area contributed by atoms with Crippen LogP contribution in [-0.2, 0) is 14.3 Å². The van der Waals surface area contributed by atoms with E-state index in [2.05, 4.69) is 10.3 Å². The van der Waals surface area contributed by atoms with Crippen molar-refractivity contribution in [2.45, 2.75) is 13.8 Å². The molecule has 1 amide bonds. The smallest absolute Gasteiger partial charge is 0.316 e. The minimum Gasteiger partial charge on any atom is -0.457 e. The Morgan fingerprint density at radius 2 is 1.86 bits per heavy atom. The molecule has 0 aliphatic heterocycles. The number of ether oxygens (including phenoxy) is 1.